The fourth-order valence-corrected chi connectivity index (χ4v) is 3.88. The minimum absolute atomic E-state index is 0.788. The molecule has 148 valence electrons. The van der Waals surface area contributed by atoms with Crippen LogP contribution < -0.4 is 0 Å². The maximum absolute atomic E-state index is 4.04. The van der Waals surface area contributed by atoms with Crippen LogP contribution >= 0.6 is 0 Å². The van der Waals surface area contributed by atoms with Crippen molar-refractivity contribution in [2.45, 2.75) is 13.8 Å². The number of benzene rings is 3. The van der Waals surface area contributed by atoms with Crippen LogP contribution in [0.2, 0.25) is 0 Å². The Kier molecular flexibility index (Phi) is 5.76. The molecular formula is C28H26N2. The molecule has 0 aliphatic carbocycles. The van der Waals surface area contributed by atoms with Gasteiger partial charge in [0.1, 0.15) is 0 Å². The number of rotatable bonds is 5. The predicted molar refractivity (Wildman–Crippen MR) is 129 cm³/mol. The number of aryl methyl sites for hydroxylation is 1. The summed E-state index contributed by atoms with van der Waals surface area (Å²) in [6.07, 6.45) is 8.43. The highest BCUT2D eigenvalue weighted by Crippen LogP contribution is 2.32. The zero-order valence-corrected chi connectivity index (χ0v) is 17.5. The minimum atomic E-state index is 0.788. The molecule has 2 nitrogen and oxygen atoms in total. The van der Waals surface area contributed by atoms with Gasteiger partial charge in [-0.25, -0.2) is 0 Å². The van der Waals surface area contributed by atoms with Gasteiger partial charge in [0.25, 0.3) is 0 Å². The number of allylic oxidation sites excluding steroid dienone is 2. The van der Waals surface area contributed by atoms with Crippen LogP contribution in [0.4, 0.5) is 0 Å². The lowest BCUT2D eigenvalue weighted by Gasteiger charge is -2.26. The van der Waals surface area contributed by atoms with Gasteiger partial charge in [-0.15, -0.1) is 0 Å². The molecule has 4 rings (SSSR count). The normalized spacial score (nSPS) is 13.9. The molecule has 1 heterocycles. The van der Waals surface area contributed by atoms with Gasteiger partial charge in [0.05, 0.1) is 11.9 Å². The standard InChI is InChI=1S/C28H26N2/c1-21-12-14-25(15-13-21)28(20-29-3)30-18-16-24(17-19-30)27-11-7-10-26(22(27)2)23-8-5-4-6-9-23/h4-18,20H,3,19H2,1-2H3/b28-20-. The molecule has 0 N–H and O–H groups in total. The van der Waals surface area contributed by atoms with E-state index in [1.807, 2.05) is 6.20 Å². The Balaban J connectivity index is 1.61. The summed E-state index contributed by atoms with van der Waals surface area (Å²) in [4.78, 5) is 6.25. The van der Waals surface area contributed by atoms with Crippen LogP contribution in [0.1, 0.15) is 22.3 Å². The van der Waals surface area contributed by atoms with Crippen molar-refractivity contribution < 1.29 is 0 Å². The number of hydrogen-bond donors (Lipinski definition) is 0. The highest BCUT2D eigenvalue weighted by atomic mass is 15.1. The summed E-state index contributed by atoms with van der Waals surface area (Å²) in [5.41, 5.74) is 9.78. The molecule has 3 aromatic carbocycles. The average Bonchev–Trinajstić information content (AvgIpc) is 2.79. The summed E-state index contributed by atoms with van der Waals surface area (Å²) in [7, 11) is 0. The van der Waals surface area contributed by atoms with Crippen molar-refractivity contribution in [3.05, 3.63) is 120 Å². The molecule has 0 amide bonds. The number of aliphatic imine (C=N–C) groups is 1. The second-order valence-electron chi connectivity index (χ2n) is 7.53. The summed E-state index contributed by atoms with van der Waals surface area (Å²) < 4.78 is 0. The molecule has 30 heavy (non-hydrogen) atoms. The summed E-state index contributed by atoms with van der Waals surface area (Å²) >= 11 is 0. The third-order valence-electron chi connectivity index (χ3n) is 5.54. The smallest absolute Gasteiger partial charge is 0.0668 e. The summed E-state index contributed by atoms with van der Waals surface area (Å²) in [5, 5.41) is 0. The van der Waals surface area contributed by atoms with Gasteiger partial charge >= 0.3 is 0 Å². The van der Waals surface area contributed by atoms with Crippen molar-refractivity contribution in [3.63, 3.8) is 0 Å². The molecule has 0 bridgehead atoms. The van der Waals surface area contributed by atoms with Crippen LogP contribution in [0.25, 0.3) is 22.4 Å². The molecule has 0 fully saturated rings. The first kappa shape index (κ1) is 19.7. The second kappa shape index (κ2) is 8.79. The first-order valence-electron chi connectivity index (χ1n) is 10.2. The van der Waals surface area contributed by atoms with Crippen LogP contribution in [0.15, 0.2) is 102 Å². The van der Waals surface area contributed by atoms with E-state index in [2.05, 4.69) is 122 Å². The highest BCUT2D eigenvalue weighted by Gasteiger charge is 2.15. The van der Waals surface area contributed by atoms with Crippen LogP contribution in [-0.4, -0.2) is 18.2 Å². The van der Waals surface area contributed by atoms with E-state index in [0.29, 0.717) is 0 Å². The fourth-order valence-electron chi connectivity index (χ4n) is 3.88. The van der Waals surface area contributed by atoms with E-state index in [0.717, 1.165) is 17.8 Å². The first-order chi connectivity index (χ1) is 14.7. The highest BCUT2D eigenvalue weighted by molar-refractivity contribution is 5.82. The molecule has 0 spiro atoms. The molecule has 3 aromatic rings. The minimum Gasteiger partial charge on any atom is -0.342 e. The van der Waals surface area contributed by atoms with E-state index in [1.54, 1.807) is 0 Å². The second-order valence-corrected chi connectivity index (χ2v) is 7.53. The topological polar surface area (TPSA) is 15.6 Å². The van der Waals surface area contributed by atoms with Gasteiger partial charge in [0.15, 0.2) is 0 Å². The van der Waals surface area contributed by atoms with Crippen molar-refractivity contribution >= 4 is 18.0 Å². The van der Waals surface area contributed by atoms with Crippen molar-refractivity contribution in [1.82, 2.24) is 4.90 Å². The van der Waals surface area contributed by atoms with Gasteiger partial charge in [0, 0.05) is 12.7 Å². The molecule has 0 atom stereocenters. The van der Waals surface area contributed by atoms with E-state index >= 15 is 0 Å². The Hall–Kier alpha value is -3.65. The number of nitrogens with zero attached hydrogens (tertiary/aromatic N) is 2. The zero-order valence-electron chi connectivity index (χ0n) is 17.5. The van der Waals surface area contributed by atoms with Crippen molar-refractivity contribution in [1.29, 1.82) is 0 Å². The Morgan fingerprint density at radius 3 is 2.30 bits per heavy atom. The predicted octanol–water partition coefficient (Wildman–Crippen LogP) is 6.88. The fraction of sp³-hybridized carbons (Fsp3) is 0.107. The Bertz CT molecular complexity index is 1130. The van der Waals surface area contributed by atoms with Crippen LogP contribution in [-0.2, 0) is 0 Å². The van der Waals surface area contributed by atoms with Gasteiger partial charge in [-0.1, -0.05) is 84.4 Å². The maximum atomic E-state index is 4.04. The first-order valence-corrected chi connectivity index (χ1v) is 10.2. The van der Waals surface area contributed by atoms with E-state index < -0.39 is 0 Å². The molecule has 0 aromatic heterocycles. The zero-order chi connectivity index (χ0) is 20.9. The van der Waals surface area contributed by atoms with Gasteiger partial charge in [-0.05, 0) is 60.0 Å². The van der Waals surface area contributed by atoms with Crippen molar-refractivity contribution in [2.24, 2.45) is 4.99 Å². The summed E-state index contributed by atoms with van der Waals surface area (Å²) in [6.45, 7) is 8.75. The Morgan fingerprint density at radius 2 is 1.63 bits per heavy atom. The quantitative estimate of drug-likeness (QED) is 0.433. The van der Waals surface area contributed by atoms with Crippen LogP contribution in [0, 0.1) is 13.8 Å². The molecule has 0 saturated carbocycles. The third kappa shape index (κ3) is 4.04. The van der Waals surface area contributed by atoms with E-state index in [1.165, 1.54) is 33.4 Å². The molecule has 0 radical (unpaired) electrons. The maximum Gasteiger partial charge on any atom is 0.0668 e. The van der Waals surface area contributed by atoms with Crippen molar-refractivity contribution in [3.8, 4) is 11.1 Å². The molecule has 1 aliphatic rings. The number of hydrogen-bond acceptors (Lipinski definition) is 2. The lowest BCUT2D eigenvalue weighted by molar-refractivity contribution is 0.587. The van der Waals surface area contributed by atoms with E-state index in [9.17, 15) is 0 Å². The van der Waals surface area contributed by atoms with Gasteiger partial charge in [0.2, 0.25) is 0 Å². The molecule has 1 aliphatic heterocycles. The Morgan fingerprint density at radius 1 is 0.900 bits per heavy atom. The molecule has 2 heteroatoms. The lowest BCUT2D eigenvalue weighted by Crippen LogP contribution is -2.18. The van der Waals surface area contributed by atoms with Gasteiger partial charge < -0.3 is 4.90 Å². The molecule has 0 saturated heterocycles. The van der Waals surface area contributed by atoms with Gasteiger partial charge in [-0.2, -0.15) is 0 Å². The van der Waals surface area contributed by atoms with Crippen molar-refractivity contribution in [2.75, 3.05) is 6.54 Å². The molecule has 0 unspecified atom stereocenters. The SMILES string of the molecule is C=N/C=C(/c1ccc(C)cc1)N1C=CC(c2cccc(-c3ccccc3)c2C)=CC1. The summed E-state index contributed by atoms with van der Waals surface area (Å²) in [6, 6.07) is 25.6. The largest absolute Gasteiger partial charge is 0.342 e. The van der Waals surface area contributed by atoms with E-state index in [-0.39, 0.29) is 0 Å². The monoisotopic (exact) mass is 390 g/mol. The molecular weight excluding hydrogens is 364 g/mol. The average molecular weight is 391 g/mol. The van der Waals surface area contributed by atoms with Crippen LogP contribution in [0.5, 0.6) is 0 Å². The van der Waals surface area contributed by atoms with E-state index in [4.69, 9.17) is 0 Å². The Labute approximate surface area is 179 Å². The summed E-state index contributed by atoms with van der Waals surface area (Å²) in [5.74, 6) is 0. The van der Waals surface area contributed by atoms with Crippen LogP contribution in [0.3, 0.4) is 0 Å². The third-order valence-corrected chi connectivity index (χ3v) is 5.54. The van der Waals surface area contributed by atoms with Gasteiger partial charge in [-0.3, -0.25) is 4.99 Å². The lowest BCUT2D eigenvalue weighted by atomic mass is 9.92.